The summed E-state index contributed by atoms with van der Waals surface area (Å²) in [6.07, 6.45) is 2.65. The predicted molar refractivity (Wildman–Crippen MR) is 121 cm³/mol. The topological polar surface area (TPSA) is 55.8 Å². The van der Waals surface area contributed by atoms with E-state index in [1.54, 1.807) is 18.2 Å². The van der Waals surface area contributed by atoms with E-state index >= 15 is 0 Å². The number of imide groups is 1. The molecule has 0 spiro atoms. The van der Waals surface area contributed by atoms with Crippen LogP contribution in [0, 0.1) is 0 Å². The Morgan fingerprint density at radius 2 is 1.90 bits per heavy atom. The van der Waals surface area contributed by atoms with Crippen molar-refractivity contribution in [1.82, 2.24) is 4.90 Å². The molecule has 0 unspecified atom stereocenters. The molecule has 0 bridgehead atoms. The molecule has 2 amide bonds. The van der Waals surface area contributed by atoms with Gasteiger partial charge in [-0.1, -0.05) is 42.8 Å². The molecule has 0 N–H and O–H groups in total. The summed E-state index contributed by atoms with van der Waals surface area (Å²) in [4.78, 5) is 26.8. The molecule has 1 atom stereocenters. The second-order valence-corrected chi connectivity index (χ2v) is 8.24. The third-order valence-corrected chi connectivity index (χ3v) is 5.90. The third kappa shape index (κ3) is 5.18. The molecule has 5 nitrogen and oxygen atoms in total. The summed E-state index contributed by atoms with van der Waals surface area (Å²) in [6, 6.07) is 12.7. The van der Waals surface area contributed by atoms with E-state index in [9.17, 15) is 9.59 Å². The first-order valence-corrected chi connectivity index (χ1v) is 11.0. The third-order valence-electron chi connectivity index (χ3n) is 4.63. The Morgan fingerprint density at radius 3 is 2.60 bits per heavy atom. The van der Waals surface area contributed by atoms with E-state index in [1.165, 1.54) is 4.90 Å². The van der Waals surface area contributed by atoms with E-state index in [0.717, 1.165) is 29.3 Å². The number of amides is 2. The van der Waals surface area contributed by atoms with Crippen molar-refractivity contribution in [3.8, 4) is 11.5 Å². The van der Waals surface area contributed by atoms with Crippen LogP contribution < -0.4 is 9.47 Å². The van der Waals surface area contributed by atoms with Gasteiger partial charge in [0.1, 0.15) is 0 Å². The fourth-order valence-electron chi connectivity index (χ4n) is 2.86. The molecule has 1 fully saturated rings. The SMILES string of the molecule is CCOc1cc(/C=C2/SC(=O)N(Cc3ccccc3Cl)C2=O)ccc1O[C@H](C)CC. The minimum Gasteiger partial charge on any atom is -0.490 e. The molecular formula is C23H24ClNO4S. The Kier molecular flexibility index (Phi) is 7.45. The van der Waals surface area contributed by atoms with E-state index in [-0.39, 0.29) is 23.8 Å². The van der Waals surface area contributed by atoms with E-state index in [4.69, 9.17) is 21.1 Å². The van der Waals surface area contributed by atoms with E-state index in [2.05, 4.69) is 6.92 Å². The number of hydrogen-bond donors (Lipinski definition) is 0. The Labute approximate surface area is 186 Å². The van der Waals surface area contributed by atoms with Crippen LogP contribution in [0.15, 0.2) is 47.4 Å². The van der Waals surface area contributed by atoms with Gasteiger partial charge in [-0.3, -0.25) is 14.5 Å². The Balaban J connectivity index is 1.82. The van der Waals surface area contributed by atoms with Crippen molar-refractivity contribution in [2.24, 2.45) is 0 Å². The molecule has 1 saturated heterocycles. The quantitative estimate of drug-likeness (QED) is 0.456. The molecule has 1 aliphatic heterocycles. The van der Waals surface area contributed by atoms with Crippen molar-refractivity contribution in [2.45, 2.75) is 39.8 Å². The minimum atomic E-state index is -0.331. The Bertz CT molecular complexity index is 975. The van der Waals surface area contributed by atoms with Crippen molar-refractivity contribution in [1.29, 1.82) is 0 Å². The zero-order chi connectivity index (χ0) is 21.7. The summed E-state index contributed by atoms with van der Waals surface area (Å²) in [5.74, 6) is 0.944. The zero-order valence-electron chi connectivity index (χ0n) is 17.2. The molecule has 3 rings (SSSR count). The van der Waals surface area contributed by atoms with Crippen LogP contribution in [0.4, 0.5) is 4.79 Å². The second-order valence-electron chi connectivity index (χ2n) is 6.84. The molecule has 0 aliphatic carbocycles. The van der Waals surface area contributed by atoms with Gasteiger partial charge in [-0.05, 0) is 67.4 Å². The molecule has 0 aromatic heterocycles. The van der Waals surface area contributed by atoms with Crippen molar-refractivity contribution < 1.29 is 19.1 Å². The molecule has 2 aromatic carbocycles. The minimum absolute atomic E-state index is 0.0661. The first-order valence-electron chi connectivity index (χ1n) is 9.85. The lowest BCUT2D eigenvalue weighted by atomic mass is 10.1. The largest absolute Gasteiger partial charge is 0.490 e. The standard InChI is InChI=1S/C23H24ClNO4S/c1-4-15(3)29-19-11-10-16(12-20(19)28-5-2)13-21-22(26)25(23(27)30-21)14-17-8-6-7-9-18(17)24/h6-13,15H,4-5,14H2,1-3H3/b21-13+/t15-/m1/s1. The number of nitrogens with zero attached hydrogens (tertiary/aromatic N) is 1. The molecule has 30 heavy (non-hydrogen) atoms. The Morgan fingerprint density at radius 1 is 1.13 bits per heavy atom. The van der Waals surface area contributed by atoms with Crippen LogP contribution in [-0.2, 0) is 11.3 Å². The van der Waals surface area contributed by atoms with Crippen molar-refractivity contribution >= 4 is 40.6 Å². The number of hydrogen-bond acceptors (Lipinski definition) is 5. The van der Waals surface area contributed by atoms with Crippen LogP contribution in [0.1, 0.15) is 38.3 Å². The van der Waals surface area contributed by atoms with Crippen LogP contribution in [-0.4, -0.2) is 28.8 Å². The number of carbonyl (C=O) groups is 2. The van der Waals surface area contributed by atoms with Gasteiger partial charge in [0, 0.05) is 5.02 Å². The first kappa shape index (κ1) is 22.2. The van der Waals surface area contributed by atoms with Crippen LogP contribution in [0.25, 0.3) is 6.08 Å². The number of benzene rings is 2. The van der Waals surface area contributed by atoms with E-state index < -0.39 is 0 Å². The number of ether oxygens (including phenoxy) is 2. The van der Waals surface area contributed by atoms with Crippen molar-refractivity contribution in [3.63, 3.8) is 0 Å². The van der Waals surface area contributed by atoms with E-state index in [0.29, 0.717) is 28.0 Å². The van der Waals surface area contributed by atoms with Crippen LogP contribution in [0.2, 0.25) is 5.02 Å². The molecular weight excluding hydrogens is 422 g/mol. The highest BCUT2D eigenvalue weighted by Crippen LogP contribution is 2.36. The highest BCUT2D eigenvalue weighted by atomic mass is 35.5. The highest BCUT2D eigenvalue weighted by molar-refractivity contribution is 8.18. The van der Waals surface area contributed by atoms with Gasteiger partial charge in [-0.25, -0.2) is 0 Å². The maximum Gasteiger partial charge on any atom is 0.293 e. The second kappa shape index (κ2) is 10.0. The van der Waals surface area contributed by atoms with Crippen LogP contribution in [0.5, 0.6) is 11.5 Å². The zero-order valence-corrected chi connectivity index (χ0v) is 18.8. The van der Waals surface area contributed by atoms with Gasteiger partial charge in [0.2, 0.25) is 0 Å². The highest BCUT2D eigenvalue weighted by Gasteiger charge is 2.35. The van der Waals surface area contributed by atoms with Gasteiger partial charge >= 0.3 is 0 Å². The summed E-state index contributed by atoms with van der Waals surface area (Å²) in [5.41, 5.74) is 1.49. The smallest absolute Gasteiger partial charge is 0.293 e. The molecule has 0 saturated carbocycles. The number of thioether (sulfide) groups is 1. The van der Waals surface area contributed by atoms with Gasteiger partial charge in [0.15, 0.2) is 11.5 Å². The van der Waals surface area contributed by atoms with Crippen molar-refractivity contribution in [2.75, 3.05) is 6.61 Å². The summed E-state index contributed by atoms with van der Waals surface area (Å²) < 4.78 is 11.6. The van der Waals surface area contributed by atoms with Gasteiger partial charge in [0.05, 0.1) is 24.2 Å². The molecule has 1 aliphatic rings. The van der Waals surface area contributed by atoms with Crippen molar-refractivity contribution in [3.05, 3.63) is 63.5 Å². The van der Waals surface area contributed by atoms with Crippen LogP contribution in [0.3, 0.4) is 0 Å². The first-order chi connectivity index (χ1) is 14.4. The monoisotopic (exact) mass is 445 g/mol. The summed E-state index contributed by atoms with van der Waals surface area (Å²) >= 11 is 7.10. The van der Waals surface area contributed by atoms with Gasteiger partial charge in [0.25, 0.3) is 11.1 Å². The molecule has 1 heterocycles. The summed E-state index contributed by atoms with van der Waals surface area (Å²) in [7, 11) is 0. The fraction of sp³-hybridized carbons (Fsp3) is 0.304. The average molecular weight is 446 g/mol. The molecule has 2 aromatic rings. The number of halogens is 1. The lowest BCUT2D eigenvalue weighted by Gasteiger charge is -2.16. The number of rotatable bonds is 8. The van der Waals surface area contributed by atoms with Gasteiger partial charge in [-0.2, -0.15) is 0 Å². The molecule has 0 radical (unpaired) electrons. The molecule has 7 heteroatoms. The van der Waals surface area contributed by atoms with Gasteiger partial charge in [-0.15, -0.1) is 0 Å². The predicted octanol–water partition coefficient (Wildman–Crippen LogP) is 6.15. The fourth-order valence-corrected chi connectivity index (χ4v) is 3.90. The summed E-state index contributed by atoms with van der Waals surface area (Å²) in [5, 5.41) is 0.215. The van der Waals surface area contributed by atoms with Gasteiger partial charge < -0.3 is 9.47 Å². The molecule has 158 valence electrons. The lowest BCUT2D eigenvalue weighted by Crippen LogP contribution is -2.27. The summed E-state index contributed by atoms with van der Waals surface area (Å²) in [6.45, 7) is 6.60. The van der Waals surface area contributed by atoms with Crippen LogP contribution >= 0.6 is 23.4 Å². The maximum atomic E-state index is 12.8. The average Bonchev–Trinajstić information content (AvgIpc) is 2.99. The number of carbonyl (C=O) groups excluding carboxylic acids is 2. The Hall–Kier alpha value is -2.44. The lowest BCUT2D eigenvalue weighted by molar-refractivity contribution is -0.123. The van der Waals surface area contributed by atoms with E-state index in [1.807, 2.05) is 44.2 Å². The normalized spacial score (nSPS) is 16.3. The maximum absolute atomic E-state index is 12.8.